The summed E-state index contributed by atoms with van der Waals surface area (Å²) in [4.78, 5) is 23.3. The third-order valence-electron chi connectivity index (χ3n) is 5.54. The molecule has 1 amide bonds. The number of rotatable bonds is 5. The number of amides is 1. The Morgan fingerprint density at radius 3 is 2.70 bits per heavy atom. The number of hydrogen-bond acceptors (Lipinski definition) is 7. The van der Waals surface area contributed by atoms with E-state index in [0.29, 0.717) is 5.56 Å². The third-order valence-corrected chi connectivity index (χ3v) is 6.82. The van der Waals surface area contributed by atoms with E-state index in [0.717, 1.165) is 11.8 Å². The van der Waals surface area contributed by atoms with Gasteiger partial charge in [0.15, 0.2) is 0 Å². The van der Waals surface area contributed by atoms with Gasteiger partial charge in [-0.15, -0.1) is 0 Å². The number of fused-ring (bicyclic) bond motifs is 1. The van der Waals surface area contributed by atoms with Gasteiger partial charge in [-0.1, -0.05) is 18.8 Å². The van der Waals surface area contributed by atoms with Crippen LogP contribution in [0.15, 0.2) is 36.8 Å². The normalized spacial score (nSPS) is 19.6. The summed E-state index contributed by atoms with van der Waals surface area (Å²) in [6.45, 7) is 3.80. The number of carbonyl (C=O) groups is 1. The number of pyridine rings is 2. The monoisotopic (exact) mass is 472 g/mol. The van der Waals surface area contributed by atoms with E-state index in [9.17, 15) is 18.3 Å². The largest absolute Gasteiger partial charge is 0.472 e. The molecule has 0 spiro atoms. The highest BCUT2D eigenvalue weighted by Crippen LogP contribution is 2.27. The second-order valence-electron chi connectivity index (χ2n) is 8.23. The first-order valence-corrected chi connectivity index (χ1v) is 12.4. The van der Waals surface area contributed by atoms with Gasteiger partial charge in [-0.2, -0.15) is 0 Å². The second kappa shape index (κ2) is 10.3. The highest BCUT2D eigenvalue weighted by molar-refractivity contribution is 7.88. The van der Waals surface area contributed by atoms with E-state index < -0.39 is 22.2 Å². The molecule has 0 fully saturated rings. The van der Waals surface area contributed by atoms with Crippen molar-refractivity contribution >= 4 is 15.9 Å². The van der Waals surface area contributed by atoms with E-state index in [1.54, 1.807) is 36.4 Å². The minimum atomic E-state index is -3.42. The molecule has 9 nitrogen and oxygen atoms in total. The maximum absolute atomic E-state index is 13.4. The minimum Gasteiger partial charge on any atom is -0.472 e. The van der Waals surface area contributed by atoms with E-state index in [1.807, 2.05) is 13.0 Å². The molecule has 33 heavy (non-hydrogen) atoms. The first-order chi connectivity index (χ1) is 15.6. The van der Waals surface area contributed by atoms with Crippen molar-refractivity contribution in [2.75, 3.05) is 33.0 Å². The van der Waals surface area contributed by atoms with Gasteiger partial charge in [-0.25, -0.2) is 17.7 Å². The first-order valence-electron chi connectivity index (χ1n) is 10.5. The van der Waals surface area contributed by atoms with Crippen LogP contribution in [0.5, 0.6) is 5.88 Å². The van der Waals surface area contributed by atoms with Crippen LogP contribution in [0, 0.1) is 17.8 Å². The van der Waals surface area contributed by atoms with Crippen molar-refractivity contribution in [2.45, 2.75) is 26.0 Å². The predicted molar refractivity (Wildman–Crippen MR) is 123 cm³/mol. The van der Waals surface area contributed by atoms with Crippen molar-refractivity contribution < 1.29 is 23.1 Å². The number of nitrogens with zero attached hydrogens (tertiary/aromatic N) is 4. The number of hydrogen-bond donors (Lipinski definition) is 1. The summed E-state index contributed by atoms with van der Waals surface area (Å²) in [6, 6.07) is 4.77. The van der Waals surface area contributed by atoms with Gasteiger partial charge < -0.3 is 14.7 Å². The molecule has 176 valence electrons. The number of aliphatic hydroxyl groups excluding tert-OH is 1. The fourth-order valence-electron chi connectivity index (χ4n) is 3.36. The van der Waals surface area contributed by atoms with Crippen LogP contribution in [-0.4, -0.2) is 83.8 Å². The van der Waals surface area contributed by atoms with Crippen molar-refractivity contribution in [1.82, 2.24) is 19.2 Å². The molecule has 0 saturated carbocycles. The standard InChI is InChI=1S/C23H28N4O5S/c1-16-13-27(17(2)15-28)23(29)20-10-19(8-7-18-6-5-9-24-11-18)12-25-22(20)32-21(16)14-26(3)33(4,30)31/h5-6,9-12,16-17,21,28H,13-15H2,1-4H3/t16-,17+,21-/m1/s1. The summed E-state index contributed by atoms with van der Waals surface area (Å²) in [5.74, 6) is 5.53. The lowest BCUT2D eigenvalue weighted by atomic mass is 10.0. The quantitative estimate of drug-likeness (QED) is 0.646. The van der Waals surface area contributed by atoms with Gasteiger partial charge in [-0.05, 0) is 25.1 Å². The Balaban J connectivity index is 2.01. The Morgan fingerprint density at radius 2 is 2.06 bits per heavy atom. The van der Waals surface area contributed by atoms with Gasteiger partial charge in [0, 0.05) is 49.2 Å². The molecule has 3 atom stereocenters. The van der Waals surface area contributed by atoms with Crippen LogP contribution >= 0.6 is 0 Å². The molecule has 0 bridgehead atoms. The molecule has 0 unspecified atom stereocenters. The highest BCUT2D eigenvalue weighted by Gasteiger charge is 2.35. The van der Waals surface area contributed by atoms with Gasteiger partial charge in [0.2, 0.25) is 15.9 Å². The summed E-state index contributed by atoms with van der Waals surface area (Å²) in [7, 11) is -1.94. The molecule has 10 heteroatoms. The van der Waals surface area contributed by atoms with E-state index in [1.165, 1.54) is 17.5 Å². The van der Waals surface area contributed by atoms with Crippen LogP contribution in [0.25, 0.3) is 0 Å². The lowest BCUT2D eigenvalue weighted by Crippen LogP contribution is -2.50. The Kier molecular flexibility index (Phi) is 7.68. The average molecular weight is 473 g/mol. The van der Waals surface area contributed by atoms with Crippen molar-refractivity contribution in [1.29, 1.82) is 0 Å². The smallest absolute Gasteiger partial charge is 0.259 e. The maximum atomic E-state index is 13.4. The SMILES string of the molecule is C[C@@H]1CN([C@@H](C)CO)C(=O)c2cc(C#Cc3cccnc3)cnc2O[C@@H]1CN(C)S(C)(=O)=O. The maximum Gasteiger partial charge on any atom is 0.259 e. The Morgan fingerprint density at radius 1 is 1.33 bits per heavy atom. The Hall–Kier alpha value is -3.00. The molecule has 0 aliphatic carbocycles. The molecule has 2 aromatic heterocycles. The molecule has 1 aliphatic heterocycles. The summed E-state index contributed by atoms with van der Waals surface area (Å²) >= 11 is 0. The summed E-state index contributed by atoms with van der Waals surface area (Å²) in [5, 5.41) is 9.73. The molecule has 0 radical (unpaired) electrons. The van der Waals surface area contributed by atoms with Crippen LogP contribution in [0.4, 0.5) is 0 Å². The van der Waals surface area contributed by atoms with Crippen LogP contribution in [0.2, 0.25) is 0 Å². The number of aliphatic hydroxyl groups is 1. The topological polar surface area (TPSA) is 113 Å². The first kappa shape index (κ1) is 24.6. The molecule has 2 aromatic rings. The van der Waals surface area contributed by atoms with Crippen LogP contribution < -0.4 is 4.74 Å². The molecule has 3 rings (SSSR count). The van der Waals surface area contributed by atoms with Crippen LogP contribution in [0.1, 0.15) is 35.3 Å². The number of sulfonamides is 1. The van der Waals surface area contributed by atoms with Crippen molar-refractivity contribution in [3.63, 3.8) is 0 Å². The second-order valence-corrected chi connectivity index (χ2v) is 10.3. The fourth-order valence-corrected chi connectivity index (χ4v) is 3.78. The van der Waals surface area contributed by atoms with Crippen LogP contribution in [0.3, 0.4) is 0 Å². The predicted octanol–water partition coefficient (Wildman–Crippen LogP) is 0.988. The van der Waals surface area contributed by atoms with Gasteiger partial charge >= 0.3 is 0 Å². The average Bonchev–Trinajstić information content (AvgIpc) is 2.79. The molecule has 0 aromatic carbocycles. The highest BCUT2D eigenvalue weighted by atomic mass is 32.2. The summed E-state index contributed by atoms with van der Waals surface area (Å²) in [6.07, 6.45) is 5.38. The summed E-state index contributed by atoms with van der Waals surface area (Å²) < 4.78 is 31.2. The molecule has 3 heterocycles. The Labute approximate surface area is 194 Å². The van der Waals surface area contributed by atoms with Gasteiger partial charge in [0.1, 0.15) is 11.7 Å². The molecular formula is C23H28N4O5S. The van der Waals surface area contributed by atoms with Gasteiger partial charge in [-0.3, -0.25) is 9.78 Å². The zero-order chi connectivity index (χ0) is 24.2. The lowest BCUT2D eigenvalue weighted by molar-refractivity contribution is 0.0373. The Bertz CT molecular complexity index is 1160. The molecule has 1 N–H and O–H groups in total. The zero-order valence-corrected chi connectivity index (χ0v) is 19.9. The van der Waals surface area contributed by atoms with E-state index in [-0.39, 0.29) is 43.0 Å². The van der Waals surface area contributed by atoms with E-state index >= 15 is 0 Å². The van der Waals surface area contributed by atoms with Gasteiger partial charge in [0.05, 0.1) is 25.4 Å². The van der Waals surface area contributed by atoms with Crippen LogP contribution in [-0.2, 0) is 10.0 Å². The molecule has 1 aliphatic rings. The molecular weight excluding hydrogens is 444 g/mol. The number of aromatic nitrogens is 2. The van der Waals surface area contributed by atoms with Gasteiger partial charge in [0.25, 0.3) is 5.91 Å². The minimum absolute atomic E-state index is 0.0964. The zero-order valence-electron chi connectivity index (χ0n) is 19.1. The number of likely N-dealkylation sites (N-methyl/N-ethyl adjacent to an activating group) is 1. The summed E-state index contributed by atoms with van der Waals surface area (Å²) in [5.41, 5.74) is 1.46. The fraction of sp³-hybridized carbons (Fsp3) is 0.435. The van der Waals surface area contributed by atoms with E-state index in [4.69, 9.17) is 4.74 Å². The third kappa shape index (κ3) is 6.07. The lowest BCUT2D eigenvalue weighted by Gasteiger charge is -2.37. The van der Waals surface area contributed by atoms with Crippen molar-refractivity contribution in [2.24, 2.45) is 5.92 Å². The number of ether oxygens (including phenoxy) is 1. The molecule has 0 saturated heterocycles. The number of carbonyl (C=O) groups excluding carboxylic acids is 1. The van der Waals surface area contributed by atoms with Crippen molar-refractivity contribution in [3.05, 3.63) is 53.5 Å². The van der Waals surface area contributed by atoms with Crippen molar-refractivity contribution in [3.8, 4) is 17.7 Å². The van der Waals surface area contributed by atoms with E-state index in [2.05, 4.69) is 21.8 Å².